The van der Waals surface area contributed by atoms with E-state index in [2.05, 4.69) is 4.90 Å². The number of aromatic hydroxyl groups is 1. The predicted octanol–water partition coefficient (Wildman–Crippen LogP) is 2.61. The first-order valence-electron chi connectivity index (χ1n) is 6.95. The number of carboxylic acid groups (broad SMARTS) is 1. The average molecular weight is 281 g/mol. The molecule has 2 rings (SSSR count). The minimum absolute atomic E-state index is 0.0451. The van der Waals surface area contributed by atoms with Crippen molar-refractivity contribution in [1.82, 2.24) is 4.90 Å². The second-order valence-corrected chi connectivity index (χ2v) is 5.47. The maximum Gasteiger partial charge on any atom is 0.303 e. The van der Waals surface area contributed by atoms with Crippen molar-refractivity contribution in [2.45, 2.75) is 32.2 Å². The number of halogens is 1. The maximum atomic E-state index is 13.2. The van der Waals surface area contributed by atoms with Gasteiger partial charge in [0.2, 0.25) is 0 Å². The van der Waals surface area contributed by atoms with Crippen molar-refractivity contribution in [2.24, 2.45) is 5.92 Å². The lowest BCUT2D eigenvalue weighted by atomic mass is 9.92. The average Bonchev–Trinajstić information content (AvgIpc) is 2.36. The molecule has 1 aliphatic rings. The molecule has 1 saturated heterocycles. The summed E-state index contributed by atoms with van der Waals surface area (Å²) in [5, 5.41) is 18.0. The van der Waals surface area contributed by atoms with Crippen molar-refractivity contribution in [3.63, 3.8) is 0 Å². The number of rotatable bonds is 5. The minimum atomic E-state index is -0.734. The van der Waals surface area contributed by atoms with Crippen molar-refractivity contribution in [3.05, 3.63) is 29.6 Å². The Morgan fingerprint density at radius 2 is 2.00 bits per heavy atom. The number of aliphatic carboxylic acids is 1. The van der Waals surface area contributed by atoms with Crippen LogP contribution >= 0.6 is 0 Å². The third kappa shape index (κ3) is 4.49. The van der Waals surface area contributed by atoms with Gasteiger partial charge in [0.25, 0.3) is 0 Å². The van der Waals surface area contributed by atoms with Gasteiger partial charge < -0.3 is 10.2 Å². The second kappa shape index (κ2) is 6.70. The van der Waals surface area contributed by atoms with E-state index in [1.807, 2.05) is 0 Å². The molecule has 0 aromatic heterocycles. The normalized spacial score (nSPS) is 17.2. The van der Waals surface area contributed by atoms with E-state index in [9.17, 15) is 14.3 Å². The van der Waals surface area contributed by atoms with Gasteiger partial charge >= 0.3 is 5.97 Å². The van der Waals surface area contributed by atoms with Crippen LogP contribution in [0.25, 0.3) is 0 Å². The Kier molecular flexibility index (Phi) is 4.95. The Hall–Kier alpha value is -1.62. The molecule has 0 bridgehead atoms. The highest BCUT2D eigenvalue weighted by atomic mass is 19.1. The Morgan fingerprint density at radius 3 is 2.60 bits per heavy atom. The minimum Gasteiger partial charge on any atom is -0.508 e. The molecule has 1 aromatic carbocycles. The zero-order chi connectivity index (χ0) is 14.5. The van der Waals surface area contributed by atoms with Gasteiger partial charge in [-0.1, -0.05) is 0 Å². The van der Waals surface area contributed by atoms with E-state index in [0.29, 0.717) is 12.5 Å². The first kappa shape index (κ1) is 14.8. The summed E-state index contributed by atoms with van der Waals surface area (Å²) in [5.41, 5.74) is 0.770. The lowest BCUT2D eigenvalue weighted by Crippen LogP contribution is -2.33. The van der Waals surface area contributed by atoms with Crippen molar-refractivity contribution in [1.29, 1.82) is 0 Å². The highest BCUT2D eigenvalue weighted by Crippen LogP contribution is 2.24. The number of benzene rings is 1. The Morgan fingerprint density at radius 1 is 1.30 bits per heavy atom. The SMILES string of the molecule is O=C(O)CCC1CCN(Cc2cc(O)cc(F)c2)CC1. The number of hydrogen-bond acceptors (Lipinski definition) is 3. The number of hydrogen-bond donors (Lipinski definition) is 2. The molecule has 0 radical (unpaired) electrons. The zero-order valence-electron chi connectivity index (χ0n) is 11.4. The van der Waals surface area contributed by atoms with Crippen LogP contribution in [0, 0.1) is 11.7 Å². The summed E-state index contributed by atoms with van der Waals surface area (Å²) in [6, 6.07) is 4.12. The van der Waals surface area contributed by atoms with Crippen LogP contribution in [-0.2, 0) is 11.3 Å². The van der Waals surface area contributed by atoms with Gasteiger partial charge in [0.05, 0.1) is 0 Å². The summed E-state index contributed by atoms with van der Waals surface area (Å²) in [7, 11) is 0. The molecule has 0 spiro atoms. The third-order valence-electron chi connectivity index (χ3n) is 3.82. The molecule has 0 unspecified atom stereocenters. The lowest BCUT2D eigenvalue weighted by molar-refractivity contribution is -0.137. The fourth-order valence-electron chi connectivity index (χ4n) is 2.74. The second-order valence-electron chi connectivity index (χ2n) is 5.47. The summed E-state index contributed by atoms with van der Waals surface area (Å²) in [6.07, 6.45) is 2.94. The fourth-order valence-corrected chi connectivity index (χ4v) is 2.74. The van der Waals surface area contributed by atoms with Crippen LogP contribution < -0.4 is 0 Å². The molecule has 20 heavy (non-hydrogen) atoms. The van der Waals surface area contributed by atoms with Crippen LogP contribution in [0.15, 0.2) is 18.2 Å². The molecule has 1 aromatic rings. The number of nitrogens with zero attached hydrogens (tertiary/aromatic N) is 1. The Labute approximate surface area is 117 Å². The zero-order valence-corrected chi connectivity index (χ0v) is 11.4. The maximum absolute atomic E-state index is 13.2. The van der Waals surface area contributed by atoms with Crippen LogP contribution in [0.2, 0.25) is 0 Å². The first-order chi connectivity index (χ1) is 9.52. The van der Waals surface area contributed by atoms with Gasteiger partial charge in [0.15, 0.2) is 0 Å². The molecule has 1 heterocycles. The van der Waals surface area contributed by atoms with Crippen molar-refractivity contribution >= 4 is 5.97 Å². The van der Waals surface area contributed by atoms with E-state index in [1.54, 1.807) is 6.07 Å². The molecule has 0 saturated carbocycles. The molecule has 5 heteroatoms. The number of phenols is 1. The molecule has 1 fully saturated rings. The van der Waals surface area contributed by atoms with Crippen LogP contribution in [0.3, 0.4) is 0 Å². The van der Waals surface area contributed by atoms with Gasteiger partial charge in [-0.15, -0.1) is 0 Å². The number of carbonyl (C=O) groups is 1. The highest BCUT2D eigenvalue weighted by Gasteiger charge is 2.20. The molecule has 1 aliphatic heterocycles. The van der Waals surface area contributed by atoms with Crippen molar-refractivity contribution < 1.29 is 19.4 Å². The van der Waals surface area contributed by atoms with E-state index < -0.39 is 11.8 Å². The largest absolute Gasteiger partial charge is 0.508 e. The monoisotopic (exact) mass is 281 g/mol. The van der Waals surface area contributed by atoms with Crippen LogP contribution in [0.1, 0.15) is 31.2 Å². The van der Waals surface area contributed by atoms with Crippen LogP contribution in [0.4, 0.5) is 4.39 Å². The Balaban J connectivity index is 1.80. The third-order valence-corrected chi connectivity index (χ3v) is 3.82. The standard InChI is InChI=1S/C15H20FNO3/c16-13-7-12(8-14(18)9-13)10-17-5-3-11(4-6-17)1-2-15(19)20/h7-9,11,18H,1-6,10H2,(H,19,20). The molecule has 2 N–H and O–H groups in total. The first-order valence-corrected chi connectivity index (χ1v) is 6.95. The lowest BCUT2D eigenvalue weighted by Gasteiger charge is -2.31. The molecule has 0 amide bonds. The summed E-state index contributed by atoms with van der Waals surface area (Å²) in [4.78, 5) is 12.8. The van der Waals surface area contributed by atoms with Gasteiger partial charge in [-0.25, -0.2) is 4.39 Å². The number of piperidine rings is 1. The van der Waals surface area contributed by atoms with E-state index in [0.717, 1.165) is 44.0 Å². The smallest absolute Gasteiger partial charge is 0.303 e. The summed E-state index contributed by atoms with van der Waals surface area (Å²) < 4.78 is 13.2. The van der Waals surface area contributed by atoms with Crippen LogP contribution in [0.5, 0.6) is 5.75 Å². The quantitative estimate of drug-likeness (QED) is 0.871. The molecule has 110 valence electrons. The topological polar surface area (TPSA) is 60.8 Å². The van der Waals surface area contributed by atoms with Gasteiger partial charge in [0.1, 0.15) is 11.6 Å². The van der Waals surface area contributed by atoms with Gasteiger partial charge in [0, 0.05) is 19.0 Å². The van der Waals surface area contributed by atoms with E-state index in [4.69, 9.17) is 5.11 Å². The molecular weight excluding hydrogens is 261 g/mol. The van der Waals surface area contributed by atoms with Gasteiger partial charge in [-0.2, -0.15) is 0 Å². The number of likely N-dealkylation sites (tertiary alicyclic amines) is 1. The number of carboxylic acids is 1. The molecule has 0 atom stereocenters. The molecular formula is C15H20FNO3. The van der Waals surface area contributed by atoms with E-state index in [-0.39, 0.29) is 12.2 Å². The Bertz CT molecular complexity index is 450. The van der Waals surface area contributed by atoms with Crippen molar-refractivity contribution in [2.75, 3.05) is 13.1 Å². The fraction of sp³-hybridized carbons (Fsp3) is 0.533. The number of phenolic OH excluding ortho intramolecular Hbond substituents is 1. The van der Waals surface area contributed by atoms with Crippen molar-refractivity contribution in [3.8, 4) is 5.75 Å². The summed E-state index contributed by atoms with van der Waals surface area (Å²) in [5.74, 6) is -0.724. The molecule has 4 nitrogen and oxygen atoms in total. The summed E-state index contributed by atoms with van der Waals surface area (Å²) in [6.45, 7) is 2.40. The van der Waals surface area contributed by atoms with E-state index >= 15 is 0 Å². The van der Waals surface area contributed by atoms with Crippen LogP contribution in [-0.4, -0.2) is 34.2 Å². The van der Waals surface area contributed by atoms with E-state index in [1.165, 1.54) is 6.07 Å². The van der Waals surface area contributed by atoms with Gasteiger partial charge in [-0.3, -0.25) is 9.69 Å². The highest BCUT2D eigenvalue weighted by molar-refractivity contribution is 5.66. The molecule has 0 aliphatic carbocycles. The summed E-state index contributed by atoms with van der Waals surface area (Å²) >= 11 is 0. The van der Waals surface area contributed by atoms with Gasteiger partial charge in [-0.05, 0) is 56.0 Å². The predicted molar refractivity (Wildman–Crippen MR) is 72.9 cm³/mol.